The maximum absolute atomic E-state index is 12.5. The van der Waals surface area contributed by atoms with E-state index >= 15 is 0 Å². The first kappa shape index (κ1) is 16.8. The van der Waals surface area contributed by atoms with Gasteiger partial charge in [0.1, 0.15) is 18.6 Å². The first-order valence-electron chi connectivity index (χ1n) is 8.40. The molecule has 0 saturated heterocycles. The molecule has 0 aliphatic carbocycles. The molecule has 0 aliphatic heterocycles. The van der Waals surface area contributed by atoms with Crippen LogP contribution in [0.15, 0.2) is 41.7 Å². The van der Waals surface area contributed by atoms with Crippen molar-refractivity contribution in [1.82, 2.24) is 29.0 Å². The Kier molecular flexibility index (Phi) is 4.11. The Balaban J connectivity index is 1.60. The van der Waals surface area contributed by atoms with Gasteiger partial charge < -0.3 is 4.74 Å². The molecule has 27 heavy (non-hydrogen) atoms. The Labute approximate surface area is 153 Å². The lowest BCUT2D eigenvalue weighted by molar-refractivity contribution is 0.0465. The van der Waals surface area contributed by atoms with E-state index in [-0.39, 0.29) is 12.2 Å². The number of fused-ring (bicyclic) bond motifs is 2. The second-order valence-corrected chi connectivity index (χ2v) is 6.04. The number of ether oxygens (including phenoxy) is 1. The highest BCUT2D eigenvalue weighted by atomic mass is 16.5. The summed E-state index contributed by atoms with van der Waals surface area (Å²) in [6, 6.07) is 4.98. The zero-order chi connectivity index (χ0) is 19.0. The number of hydrogen-bond donors (Lipinski definition) is 0. The van der Waals surface area contributed by atoms with Gasteiger partial charge in [-0.15, -0.1) is 0 Å². The third kappa shape index (κ3) is 3.03. The molecule has 4 aromatic rings. The monoisotopic (exact) mass is 364 g/mol. The fourth-order valence-corrected chi connectivity index (χ4v) is 2.88. The summed E-state index contributed by atoms with van der Waals surface area (Å²) in [5.74, 6) is -0.134. The molecule has 0 saturated carbocycles. The van der Waals surface area contributed by atoms with E-state index in [9.17, 15) is 9.59 Å². The molecule has 0 spiro atoms. The van der Waals surface area contributed by atoms with Crippen molar-refractivity contribution in [2.75, 3.05) is 0 Å². The van der Waals surface area contributed by atoms with Crippen LogP contribution in [0.1, 0.15) is 34.2 Å². The molecule has 0 radical (unpaired) electrons. The molecule has 4 heterocycles. The maximum atomic E-state index is 12.5. The quantitative estimate of drug-likeness (QED) is 0.504. The number of aromatic nitrogens is 6. The maximum Gasteiger partial charge on any atom is 0.341 e. The number of esters is 1. The van der Waals surface area contributed by atoms with Crippen molar-refractivity contribution in [2.45, 2.75) is 26.9 Å². The lowest BCUT2D eigenvalue weighted by Crippen LogP contribution is -2.17. The van der Waals surface area contributed by atoms with Gasteiger partial charge in [0.15, 0.2) is 0 Å². The zero-order valence-corrected chi connectivity index (χ0v) is 14.8. The summed E-state index contributed by atoms with van der Waals surface area (Å²) in [5.41, 5.74) is 2.57. The second-order valence-electron chi connectivity index (χ2n) is 6.04. The Morgan fingerprint density at radius 3 is 2.93 bits per heavy atom. The first-order chi connectivity index (χ1) is 13.1. The minimum absolute atomic E-state index is 0.114. The lowest BCUT2D eigenvalue weighted by atomic mass is 10.2. The number of hydrogen-bond acceptors (Lipinski definition) is 7. The minimum Gasteiger partial charge on any atom is -0.455 e. The van der Waals surface area contributed by atoms with Crippen LogP contribution in [0, 0.1) is 6.92 Å². The van der Waals surface area contributed by atoms with Gasteiger partial charge in [0.25, 0.3) is 11.3 Å². The van der Waals surface area contributed by atoms with Crippen molar-refractivity contribution in [3.63, 3.8) is 0 Å². The van der Waals surface area contributed by atoms with E-state index in [2.05, 4.69) is 20.1 Å². The third-order valence-corrected chi connectivity index (χ3v) is 4.17. The van der Waals surface area contributed by atoms with Crippen molar-refractivity contribution < 1.29 is 9.53 Å². The molecule has 4 aromatic heterocycles. The lowest BCUT2D eigenvalue weighted by Gasteiger charge is -2.09. The van der Waals surface area contributed by atoms with E-state index in [1.807, 2.05) is 19.9 Å². The van der Waals surface area contributed by atoms with E-state index in [1.54, 1.807) is 12.3 Å². The van der Waals surface area contributed by atoms with Crippen LogP contribution in [-0.4, -0.2) is 34.9 Å². The number of carbonyl (C=O) groups excluding carboxylic acids is 1. The molecule has 0 N–H and O–H groups in total. The highest BCUT2D eigenvalue weighted by Gasteiger charge is 2.17. The predicted molar refractivity (Wildman–Crippen MR) is 95.5 cm³/mol. The second kappa shape index (κ2) is 6.60. The van der Waals surface area contributed by atoms with Gasteiger partial charge in [-0.05, 0) is 25.0 Å². The van der Waals surface area contributed by atoms with Gasteiger partial charge in [0, 0.05) is 18.5 Å². The summed E-state index contributed by atoms with van der Waals surface area (Å²) in [6.07, 6.45) is 5.08. The van der Waals surface area contributed by atoms with Crippen molar-refractivity contribution in [3.05, 3.63) is 69.8 Å². The van der Waals surface area contributed by atoms with Gasteiger partial charge in [-0.25, -0.2) is 19.3 Å². The third-order valence-electron chi connectivity index (χ3n) is 4.17. The standard InChI is InChI=1S/C18H16N6O3/c1-3-14-13(7-19-18-20-10-21-24(14)18)17(26)27-9-12-6-16(25)23-8-11(2)4-5-15(23)22-12/h4-8,10H,3,9H2,1-2H3. The molecule has 0 aliphatic rings. The van der Waals surface area contributed by atoms with Crippen molar-refractivity contribution in [1.29, 1.82) is 0 Å². The van der Waals surface area contributed by atoms with Crippen LogP contribution in [0.25, 0.3) is 11.4 Å². The Morgan fingerprint density at radius 1 is 1.26 bits per heavy atom. The molecule has 0 unspecified atom stereocenters. The predicted octanol–water partition coefficient (Wildman–Crippen LogP) is 1.36. The van der Waals surface area contributed by atoms with Gasteiger partial charge in [-0.1, -0.05) is 13.0 Å². The molecule has 0 fully saturated rings. The Bertz CT molecular complexity index is 1230. The van der Waals surface area contributed by atoms with Crippen molar-refractivity contribution in [2.24, 2.45) is 0 Å². The summed E-state index contributed by atoms with van der Waals surface area (Å²) >= 11 is 0. The first-order valence-corrected chi connectivity index (χ1v) is 8.40. The molecular weight excluding hydrogens is 348 g/mol. The summed E-state index contributed by atoms with van der Waals surface area (Å²) in [7, 11) is 0. The van der Waals surface area contributed by atoms with Crippen LogP contribution >= 0.6 is 0 Å². The van der Waals surface area contributed by atoms with Crippen LogP contribution in [0.5, 0.6) is 0 Å². The van der Waals surface area contributed by atoms with Crippen molar-refractivity contribution >= 4 is 17.4 Å². The molecular formula is C18H16N6O3. The fraction of sp³-hybridized carbons (Fsp3) is 0.222. The van der Waals surface area contributed by atoms with Gasteiger partial charge >= 0.3 is 5.97 Å². The summed E-state index contributed by atoms with van der Waals surface area (Å²) in [6.45, 7) is 3.69. The highest BCUT2D eigenvalue weighted by Crippen LogP contribution is 2.12. The van der Waals surface area contributed by atoms with Gasteiger partial charge in [-0.2, -0.15) is 10.1 Å². The van der Waals surface area contributed by atoms with Gasteiger partial charge in [-0.3, -0.25) is 9.20 Å². The SMILES string of the molecule is CCc1c(C(=O)OCc2cc(=O)n3cc(C)ccc3n2)cnc2ncnn12. The van der Waals surface area contributed by atoms with Crippen molar-refractivity contribution in [3.8, 4) is 0 Å². The van der Waals surface area contributed by atoms with Crippen LogP contribution in [0.3, 0.4) is 0 Å². The minimum atomic E-state index is -0.553. The van der Waals surface area contributed by atoms with E-state index < -0.39 is 5.97 Å². The molecule has 9 nitrogen and oxygen atoms in total. The van der Waals surface area contributed by atoms with E-state index in [1.165, 1.54) is 27.5 Å². The number of nitrogens with zero attached hydrogens (tertiary/aromatic N) is 6. The Morgan fingerprint density at radius 2 is 2.11 bits per heavy atom. The fourth-order valence-electron chi connectivity index (χ4n) is 2.88. The van der Waals surface area contributed by atoms with Crippen LogP contribution in [0.2, 0.25) is 0 Å². The highest BCUT2D eigenvalue weighted by molar-refractivity contribution is 5.90. The van der Waals surface area contributed by atoms with Crippen LogP contribution in [0.4, 0.5) is 0 Å². The van der Waals surface area contributed by atoms with Crippen LogP contribution < -0.4 is 5.56 Å². The molecule has 9 heteroatoms. The smallest absolute Gasteiger partial charge is 0.341 e. The summed E-state index contributed by atoms with van der Waals surface area (Å²) < 4.78 is 8.33. The van der Waals surface area contributed by atoms with E-state index in [0.717, 1.165) is 5.56 Å². The molecule has 0 amide bonds. The number of carbonyl (C=O) groups is 1. The average molecular weight is 364 g/mol. The van der Waals surface area contributed by atoms with E-state index in [4.69, 9.17) is 4.74 Å². The van der Waals surface area contributed by atoms with Gasteiger partial charge in [0.2, 0.25) is 0 Å². The summed E-state index contributed by atoms with van der Waals surface area (Å²) in [4.78, 5) is 37.2. The molecule has 136 valence electrons. The number of pyridine rings is 1. The topological polar surface area (TPSA) is 104 Å². The molecule has 0 atom stereocenters. The average Bonchev–Trinajstić information content (AvgIpc) is 3.14. The van der Waals surface area contributed by atoms with E-state index in [0.29, 0.717) is 34.8 Å². The normalized spacial score (nSPS) is 11.2. The summed E-state index contributed by atoms with van der Waals surface area (Å²) in [5, 5.41) is 4.08. The molecule has 0 bridgehead atoms. The zero-order valence-electron chi connectivity index (χ0n) is 14.8. The number of aryl methyl sites for hydroxylation is 2. The molecule has 4 rings (SSSR count). The largest absolute Gasteiger partial charge is 0.455 e. The number of rotatable bonds is 4. The Hall–Kier alpha value is -3.62. The van der Waals surface area contributed by atoms with Gasteiger partial charge in [0.05, 0.1) is 17.0 Å². The molecule has 0 aromatic carbocycles. The van der Waals surface area contributed by atoms with Crippen LogP contribution in [-0.2, 0) is 17.8 Å².